The minimum absolute atomic E-state index is 0.106. The molecule has 3 atom stereocenters. The van der Waals surface area contributed by atoms with Crippen LogP contribution in [0.1, 0.15) is 30.9 Å². The first kappa shape index (κ1) is 15.1. The van der Waals surface area contributed by atoms with Gasteiger partial charge >= 0.3 is 0 Å². The van der Waals surface area contributed by atoms with Gasteiger partial charge in [-0.25, -0.2) is 0 Å². The molecule has 2 saturated heterocycles. The summed E-state index contributed by atoms with van der Waals surface area (Å²) in [7, 11) is 1.60. The lowest BCUT2D eigenvalue weighted by atomic mass is 9.80. The number of aliphatic hydroxyl groups excluding tert-OH is 1. The van der Waals surface area contributed by atoms with Gasteiger partial charge in [0.25, 0.3) is 0 Å². The lowest BCUT2D eigenvalue weighted by Gasteiger charge is -2.39. The van der Waals surface area contributed by atoms with Crippen molar-refractivity contribution >= 4 is 11.6 Å². The van der Waals surface area contributed by atoms with Crippen LogP contribution in [0.3, 0.4) is 0 Å². The van der Waals surface area contributed by atoms with E-state index in [0.29, 0.717) is 29.5 Å². The van der Waals surface area contributed by atoms with Gasteiger partial charge in [0, 0.05) is 25.2 Å². The first-order valence-electron chi connectivity index (χ1n) is 7.37. The average molecular weight is 313 g/mol. The maximum Gasteiger partial charge on any atom is 0.126 e. The molecule has 116 valence electrons. The Morgan fingerprint density at radius 2 is 2.29 bits per heavy atom. The van der Waals surface area contributed by atoms with Crippen molar-refractivity contribution in [2.24, 2.45) is 5.92 Å². The largest absolute Gasteiger partial charge is 0.496 e. The van der Waals surface area contributed by atoms with Crippen LogP contribution in [0, 0.1) is 5.92 Å². The second-order valence-electron chi connectivity index (χ2n) is 5.89. The maximum absolute atomic E-state index is 10.8. The van der Waals surface area contributed by atoms with Gasteiger partial charge in [0.15, 0.2) is 0 Å². The number of rotatable bonds is 3. The molecule has 1 N–H and O–H groups in total. The molecule has 21 heavy (non-hydrogen) atoms. The topological polar surface area (TPSA) is 47.9 Å². The van der Waals surface area contributed by atoms with Crippen molar-refractivity contribution in [3.05, 3.63) is 28.8 Å². The highest BCUT2D eigenvalue weighted by atomic mass is 35.5. The highest BCUT2D eigenvalue weighted by Gasteiger charge is 2.43. The molecule has 4 nitrogen and oxygen atoms in total. The number of halogens is 1. The predicted octanol–water partition coefficient (Wildman–Crippen LogP) is 2.97. The normalized spacial score (nSPS) is 30.5. The molecular weight excluding hydrogens is 292 g/mol. The van der Waals surface area contributed by atoms with Gasteiger partial charge in [-0.1, -0.05) is 17.7 Å². The summed E-state index contributed by atoms with van der Waals surface area (Å²) in [5, 5.41) is 11.4. The molecule has 2 aliphatic rings. The van der Waals surface area contributed by atoms with Crippen molar-refractivity contribution in [3.63, 3.8) is 0 Å². The highest BCUT2D eigenvalue weighted by molar-refractivity contribution is 6.31. The van der Waals surface area contributed by atoms with Crippen molar-refractivity contribution in [2.45, 2.75) is 31.0 Å². The van der Waals surface area contributed by atoms with E-state index in [9.17, 15) is 5.11 Å². The Labute approximate surface area is 130 Å². The summed E-state index contributed by atoms with van der Waals surface area (Å²) in [6, 6.07) is 5.45. The monoisotopic (exact) mass is 312 g/mol. The third-order valence-corrected chi connectivity index (χ3v) is 4.90. The number of hydrogen-bond donors (Lipinski definition) is 1. The minimum atomic E-state index is -0.643. The Morgan fingerprint density at radius 1 is 1.43 bits per heavy atom. The van der Waals surface area contributed by atoms with Crippen LogP contribution in [0.2, 0.25) is 5.02 Å². The molecule has 2 aliphatic heterocycles. The van der Waals surface area contributed by atoms with E-state index in [-0.39, 0.29) is 11.5 Å². The van der Waals surface area contributed by atoms with Crippen molar-refractivity contribution in [2.75, 3.05) is 26.9 Å². The van der Waals surface area contributed by atoms with E-state index in [0.717, 1.165) is 25.9 Å². The zero-order valence-corrected chi connectivity index (χ0v) is 12.9. The van der Waals surface area contributed by atoms with E-state index in [1.807, 2.05) is 12.1 Å². The third-order valence-electron chi connectivity index (χ3n) is 4.57. The van der Waals surface area contributed by atoms with E-state index in [2.05, 4.69) is 0 Å². The Hall–Kier alpha value is -0.810. The summed E-state index contributed by atoms with van der Waals surface area (Å²) in [6.07, 6.45) is 1.87. The van der Waals surface area contributed by atoms with Crippen molar-refractivity contribution in [1.29, 1.82) is 0 Å². The number of hydrogen-bond acceptors (Lipinski definition) is 4. The van der Waals surface area contributed by atoms with Gasteiger partial charge in [-0.2, -0.15) is 0 Å². The fourth-order valence-electron chi connectivity index (χ4n) is 3.42. The SMILES string of the molecule is COc1cccc(Cl)c1C(O)C1CCOC2(CCOC2)C1. The van der Waals surface area contributed by atoms with Crippen LogP contribution in [0.15, 0.2) is 18.2 Å². The third kappa shape index (κ3) is 2.90. The predicted molar refractivity (Wildman–Crippen MR) is 79.8 cm³/mol. The van der Waals surface area contributed by atoms with Gasteiger partial charge in [-0.05, 0) is 30.9 Å². The molecule has 0 aromatic heterocycles. The molecule has 3 unspecified atom stereocenters. The number of aliphatic hydroxyl groups is 1. The van der Waals surface area contributed by atoms with Crippen LogP contribution < -0.4 is 4.74 Å². The molecule has 5 heteroatoms. The summed E-state index contributed by atoms with van der Waals surface area (Å²) in [5.74, 6) is 0.743. The van der Waals surface area contributed by atoms with Crippen LogP contribution in [0.5, 0.6) is 5.75 Å². The van der Waals surface area contributed by atoms with Crippen molar-refractivity contribution in [1.82, 2.24) is 0 Å². The smallest absolute Gasteiger partial charge is 0.126 e. The van der Waals surface area contributed by atoms with E-state index >= 15 is 0 Å². The lowest BCUT2D eigenvalue weighted by molar-refractivity contribution is -0.117. The molecule has 1 aromatic carbocycles. The standard InChI is InChI=1S/C16H21ClO4/c1-19-13-4-2-3-12(17)14(13)15(18)11-5-7-21-16(9-11)6-8-20-10-16/h2-4,11,15,18H,5-10H2,1H3. The zero-order valence-electron chi connectivity index (χ0n) is 12.2. The molecule has 0 radical (unpaired) electrons. The van der Waals surface area contributed by atoms with E-state index in [1.54, 1.807) is 13.2 Å². The molecular formula is C16H21ClO4. The van der Waals surface area contributed by atoms with E-state index in [4.69, 9.17) is 25.8 Å². The summed E-state index contributed by atoms with van der Waals surface area (Å²) in [6.45, 7) is 2.01. The van der Waals surface area contributed by atoms with Crippen LogP contribution in [-0.2, 0) is 9.47 Å². The molecule has 0 aliphatic carbocycles. The summed E-state index contributed by atoms with van der Waals surface area (Å²) >= 11 is 6.28. The van der Waals surface area contributed by atoms with Crippen LogP contribution in [0.4, 0.5) is 0 Å². The van der Waals surface area contributed by atoms with Crippen LogP contribution in [-0.4, -0.2) is 37.6 Å². The summed E-state index contributed by atoms with van der Waals surface area (Å²) in [5.41, 5.74) is 0.459. The van der Waals surface area contributed by atoms with Crippen LogP contribution >= 0.6 is 11.6 Å². The Balaban J connectivity index is 1.83. The lowest BCUT2D eigenvalue weighted by Crippen LogP contribution is -2.42. The number of ether oxygens (including phenoxy) is 3. The molecule has 1 spiro atoms. The maximum atomic E-state index is 10.8. The Bertz CT molecular complexity index is 499. The fourth-order valence-corrected chi connectivity index (χ4v) is 3.69. The first-order chi connectivity index (χ1) is 10.2. The van der Waals surface area contributed by atoms with Crippen LogP contribution in [0.25, 0.3) is 0 Å². The fraction of sp³-hybridized carbons (Fsp3) is 0.625. The molecule has 0 amide bonds. The number of methoxy groups -OCH3 is 1. The summed E-state index contributed by atoms with van der Waals surface area (Å²) < 4.78 is 16.8. The second kappa shape index (κ2) is 6.13. The average Bonchev–Trinajstić information content (AvgIpc) is 2.94. The molecule has 0 saturated carbocycles. The van der Waals surface area contributed by atoms with Gasteiger partial charge in [0.05, 0.1) is 30.4 Å². The number of benzene rings is 1. The van der Waals surface area contributed by atoms with E-state index < -0.39 is 6.10 Å². The molecule has 2 heterocycles. The van der Waals surface area contributed by atoms with Crippen molar-refractivity contribution < 1.29 is 19.3 Å². The van der Waals surface area contributed by atoms with E-state index in [1.165, 1.54) is 0 Å². The minimum Gasteiger partial charge on any atom is -0.496 e. The van der Waals surface area contributed by atoms with Gasteiger partial charge in [-0.3, -0.25) is 0 Å². The molecule has 3 rings (SSSR count). The van der Waals surface area contributed by atoms with Gasteiger partial charge in [0.1, 0.15) is 5.75 Å². The Kier molecular flexibility index (Phi) is 4.41. The van der Waals surface area contributed by atoms with Gasteiger partial charge in [0.2, 0.25) is 0 Å². The Morgan fingerprint density at radius 3 is 3.00 bits per heavy atom. The van der Waals surface area contributed by atoms with Gasteiger partial charge in [-0.15, -0.1) is 0 Å². The summed E-state index contributed by atoms with van der Waals surface area (Å²) in [4.78, 5) is 0. The molecule has 1 aromatic rings. The van der Waals surface area contributed by atoms with Gasteiger partial charge < -0.3 is 19.3 Å². The first-order valence-corrected chi connectivity index (χ1v) is 7.75. The zero-order chi connectivity index (χ0) is 14.9. The quantitative estimate of drug-likeness (QED) is 0.932. The second-order valence-corrected chi connectivity index (χ2v) is 6.29. The van der Waals surface area contributed by atoms with Crippen molar-refractivity contribution in [3.8, 4) is 5.75 Å². The molecule has 0 bridgehead atoms. The highest BCUT2D eigenvalue weighted by Crippen LogP contribution is 2.44. The molecule has 2 fully saturated rings.